The van der Waals surface area contributed by atoms with Crippen LogP contribution in [0, 0.1) is 11.3 Å². The Morgan fingerprint density at radius 2 is 2.12 bits per heavy atom. The standard InChI is InChI=1S/C18H20N6/c19-12-15-8-4-5-9-16(15)22-18-23-17(13-21-24-18)20-11-10-14-6-2-1-3-7-14/h4-6,8-9,13H,1-3,7,10-11H2,(H2,20,22,23,24). The highest BCUT2D eigenvalue weighted by Crippen LogP contribution is 2.20. The van der Waals surface area contributed by atoms with E-state index in [4.69, 9.17) is 5.26 Å². The summed E-state index contributed by atoms with van der Waals surface area (Å²) in [5.41, 5.74) is 2.74. The molecule has 1 aliphatic carbocycles. The third-order valence-corrected chi connectivity index (χ3v) is 3.99. The molecule has 2 N–H and O–H groups in total. The molecule has 0 atom stereocenters. The number of anilines is 3. The second-order valence-electron chi connectivity index (χ2n) is 5.73. The zero-order chi connectivity index (χ0) is 16.6. The summed E-state index contributed by atoms with van der Waals surface area (Å²) >= 11 is 0. The summed E-state index contributed by atoms with van der Waals surface area (Å²) in [6.45, 7) is 0.832. The molecule has 1 aromatic heterocycles. The van der Waals surface area contributed by atoms with Crippen LogP contribution < -0.4 is 10.6 Å². The van der Waals surface area contributed by atoms with E-state index in [1.165, 1.54) is 31.3 Å². The van der Waals surface area contributed by atoms with E-state index in [1.807, 2.05) is 18.2 Å². The lowest BCUT2D eigenvalue weighted by Gasteiger charge is -2.13. The predicted octanol–water partition coefficient (Wildman–Crippen LogP) is 3.79. The van der Waals surface area contributed by atoms with Gasteiger partial charge in [0.05, 0.1) is 17.4 Å². The summed E-state index contributed by atoms with van der Waals surface area (Å²) in [7, 11) is 0. The predicted molar refractivity (Wildman–Crippen MR) is 93.9 cm³/mol. The zero-order valence-corrected chi connectivity index (χ0v) is 13.5. The highest BCUT2D eigenvalue weighted by Gasteiger charge is 2.06. The summed E-state index contributed by atoms with van der Waals surface area (Å²) < 4.78 is 0. The van der Waals surface area contributed by atoms with Crippen LogP contribution in [0.2, 0.25) is 0 Å². The summed E-state index contributed by atoms with van der Waals surface area (Å²) in [5.74, 6) is 1.05. The van der Waals surface area contributed by atoms with Gasteiger partial charge in [-0.05, 0) is 44.2 Å². The molecule has 1 aromatic carbocycles. The van der Waals surface area contributed by atoms with Crippen LogP contribution in [-0.4, -0.2) is 21.7 Å². The number of nitriles is 1. The quantitative estimate of drug-likeness (QED) is 0.788. The van der Waals surface area contributed by atoms with Crippen molar-refractivity contribution in [2.45, 2.75) is 32.1 Å². The first-order valence-electron chi connectivity index (χ1n) is 8.23. The van der Waals surface area contributed by atoms with Crippen LogP contribution in [-0.2, 0) is 0 Å². The fourth-order valence-corrected chi connectivity index (χ4v) is 2.73. The first-order chi connectivity index (χ1) is 11.8. The number of rotatable bonds is 6. The highest BCUT2D eigenvalue weighted by molar-refractivity contribution is 5.63. The Morgan fingerprint density at radius 1 is 1.21 bits per heavy atom. The molecule has 0 saturated carbocycles. The maximum absolute atomic E-state index is 9.13. The summed E-state index contributed by atoms with van der Waals surface area (Å²) in [6, 6.07) is 9.38. The largest absolute Gasteiger partial charge is 0.368 e. The van der Waals surface area contributed by atoms with Crippen LogP contribution in [0.25, 0.3) is 0 Å². The van der Waals surface area contributed by atoms with Crippen LogP contribution in [0.4, 0.5) is 17.5 Å². The van der Waals surface area contributed by atoms with Gasteiger partial charge in [0.1, 0.15) is 6.07 Å². The van der Waals surface area contributed by atoms with Gasteiger partial charge in [-0.3, -0.25) is 0 Å². The van der Waals surface area contributed by atoms with Crippen molar-refractivity contribution in [2.24, 2.45) is 0 Å². The second kappa shape index (κ2) is 8.06. The molecule has 122 valence electrons. The Kier molecular flexibility index (Phi) is 5.36. The van der Waals surface area contributed by atoms with Crippen molar-refractivity contribution >= 4 is 17.5 Å². The first-order valence-corrected chi connectivity index (χ1v) is 8.23. The fraction of sp³-hybridized carbons (Fsp3) is 0.333. The monoisotopic (exact) mass is 320 g/mol. The molecule has 0 fully saturated rings. The molecule has 3 rings (SSSR count). The molecular formula is C18H20N6. The Balaban J connectivity index is 1.59. The maximum Gasteiger partial charge on any atom is 0.249 e. The number of nitrogens with one attached hydrogen (secondary N) is 2. The van der Waals surface area contributed by atoms with Gasteiger partial charge in [0.15, 0.2) is 5.82 Å². The van der Waals surface area contributed by atoms with Gasteiger partial charge in [-0.25, -0.2) is 0 Å². The lowest BCUT2D eigenvalue weighted by Crippen LogP contribution is -2.08. The molecule has 0 bridgehead atoms. The first kappa shape index (κ1) is 15.9. The fourth-order valence-electron chi connectivity index (χ4n) is 2.73. The van der Waals surface area contributed by atoms with Gasteiger partial charge in [0.25, 0.3) is 0 Å². The van der Waals surface area contributed by atoms with Crippen molar-refractivity contribution in [3.63, 3.8) is 0 Å². The molecule has 0 aliphatic heterocycles. The van der Waals surface area contributed by atoms with Gasteiger partial charge >= 0.3 is 0 Å². The Morgan fingerprint density at radius 3 is 2.96 bits per heavy atom. The third kappa shape index (κ3) is 4.29. The molecule has 0 saturated heterocycles. The van der Waals surface area contributed by atoms with Crippen LogP contribution in [0.5, 0.6) is 0 Å². The average molecular weight is 320 g/mol. The molecule has 0 amide bonds. The zero-order valence-electron chi connectivity index (χ0n) is 13.5. The van der Waals surface area contributed by atoms with Gasteiger partial charge in [0.2, 0.25) is 5.95 Å². The van der Waals surface area contributed by atoms with Crippen LogP contribution >= 0.6 is 0 Å². The molecule has 0 unspecified atom stereocenters. The molecule has 6 heteroatoms. The van der Waals surface area contributed by atoms with E-state index < -0.39 is 0 Å². The Bertz CT molecular complexity index is 762. The lowest BCUT2D eigenvalue weighted by atomic mass is 9.97. The number of benzene rings is 1. The summed E-state index contributed by atoms with van der Waals surface area (Å²) in [6.07, 6.45) is 10.0. The Hall–Kier alpha value is -2.94. The van der Waals surface area contributed by atoms with E-state index in [-0.39, 0.29) is 0 Å². The minimum absolute atomic E-state index is 0.375. The van der Waals surface area contributed by atoms with Crippen LogP contribution in [0.1, 0.15) is 37.7 Å². The minimum Gasteiger partial charge on any atom is -0.368 e. The lowest BCUT2D eigenvalue weighted by molar-refractivity contribution is 0.679. The van der Waals surface area contributed by atoms with Gasteiger partial charge in [-0.2, -0.15) is 15.3 Å². The van der Waals surface area contributed by atoms with Gasteiger partial charge in [-0.15, -0.1) is 5.10 Å². The summed E-state index contributed by atoms with van der Waals surface area (Å²) in [5, 5.41) is 23.4. The van der Waals surface area contributed by atoms with Gasteiger partial charge in [-0.1, -0.05) is 23.8 Å². The van der Waals surface area contributed by atoms with Gasteiger partial charge < -0.3 is 10.6 Å². The van der Waals surface area contributed by atoms with Crippen molar-refractivity contribution in [3.05, 3.63) is 47.7 Å². The number of para-hydroxylation sites is 1. The number of allylic oxidation sites excluding steroid dienone is 1. The number of aromatic nitrogens is 3. The molecule has 1 heterocycles. The van der Waals surface area contributed by atoms with Crippen molar-refractivity contribution in [1.82, 2.24) is 15.2 Å². The third-order valence-electron chi connectivity index (χ3n) is 3.99. The maximum atomic E-state index is 9.13. The molecule has 0 radical (unpaired) electrons. The highest BCUT2D eigenvalue weighted by atomic mass is 15.3. The SMILES string of the molecule is N#Cc1ccccc1Nc1nncc(NCCC2=CCCCC2)n1. The number of nitrogens with zero attached hydrogens (tertiary/aromatic N) is 4. The average Bonchev–Trinajstić information content (AvgIpc) is 2.63. The van der Waals surface area contributed by atoms with E-state index in [0.717, 1.165) is 13.0 Å². The minimum atomic E-state index is 0.375. The second-order valence-corrected chi connectivity index (χ2v) is 5.73. The molecule has 2 aromatic rings. The molecular weight excluding hydrogens is 300 g/mol. The van der Waals surface area contributed by atoms with E-state index in [2.05, 4.69) is 38.0 Å². The van der Waals surface area contributed by atoms with E-state index in [1.54, 1.807) is 12.3 Å². The number of hydrogen-bond acceptors (Lipinski definition) is 6. The van der Waals surface area contributed by atoms with E-state index >= 15 is 0 Å². The smallest absolute Gasteiger partial charge is 0.249 e. The van der Waals surface area contributed by atoms with Crippen LogP contribution in [0.3, 0.4) is 0 Å². The van der Waals surface area contributed by atoms with Crippen molar-refractivity contribution in [2.75, 3.05) is 17.2 Å². The van der Waals surface area contributed by atoms with Crippen molar-refractivity contribution in [3.8, 4) is 6.07 Å². The van der Waals surface area contributed by atoms with E-state index in [9.17, 15) is 0 Å². The van der Waals surface area contributed by atoms with Crippen LogP contribution in [0.15, 0.2) is 42.1 Å². The van der Waals surface area contributed by atoms with Crippen molar-refractivity contribution < 1.29 is 0 Å². The van der Waals surface area contributed by atoms with Crippen molar-refractivity contribution in [1.29, 1.82) is 5.26 Å². The van der Waals surface area contributed by atoms with Gasteiger partial charge in [0, 0.05) is 6.54 Å². The Labute approximate surface area is 141 Å². The molecule has 24 heavy (non-hydrogen) atoms. The molecule has 6 nitrogen and oxygen atoms in total. The van der Waals surface area contributed by atoms with E-state index in [0.29, 0.717) is 23.0 Å². The molecule has 0 spiro atoms. The topological polar surface area (TPSA) is 86.5 Å². The summed E-state index contributed by atoms with van der Waals surface area (Å²) in [4.78, 5) is 4.40. The number of hydrogen-bond donors (Lipinski definition) is 2. The normalized spacial score (nSPS) is 13.7. The molecule has 1 aliphatic rings.